The molecular formula is C50H76N6O6. The van der Waals surface area contributed by atoms with Crippen LogP contribution in [-0.4, -0.2) is 92.6 Å². The number of amides is 2. The summed E-state index contributed by atoms with van der Waals surface area (Å²) < 4.78 is 23.6. The number of ether oxygens (including phenoxy) is 4. The predicted molar refractivity (Wildman–Crippen MR) is 249 cm³/mol. The van der Waals surface area contributed by atoms with Crippen LogP contribution in [0.15, 0.2) is 60.9 Å². The number of unbranched alkanes of at least 4 members (excludes halogenated alkanes) is 2. The van der Waals surface area contributed by atoms with Gasteiger partial charge in [0.15, 0.2) is 0 Å². The summed E-state index contributed by atoms with van der Waals surface area (Å²) >= 11 is 0. The van der Waals surface area contributed by atoms with Crippen molar-refractivity contribution in [3.63, 3.8) is 0 Å². The second-order valence-corrected chi connectivity index (χ2v) is 20.3. The Hall–Kier alpha value is -4.68. The van der Waals surface area contributed by atoms with E-state index in [9.17, 15) is 9.59 Å². The summed E-state index contributed by atoms with van der Waals surface area (Å²) in [6.45, 7) is 31.1. The topological polar surface area (TPSA) is 135 Å². The molecule has 0 aliphatic carbocycles. The van der Waals surface area contributed by atoms with Crippen LogP contribution in [0, 0.1) is 10.8 Å². The van der Waals surface area contributed by atoms with Gasteiger partial charge >= 0.3 is 12.2 Å². The number of H-pyrrole nitrogens is 2. The molecule has 0 radical (unpaired) electrons. The molecular weight excluding hydrogens is 781 g/mol. The smallest absolute Gasteiger partial charge is 0.411 e. The number of aromatic nitrogens is 4. The molecule has 0 saturated heterocycles. The van der Waals surface area contributed by atoms with Crippen LogP contribution in [0.5, 0.6) is 0 Å². The Morgan fingerprint density at radius 2 is 0.855 bits per heavy atom. The number of imidazole rings is 2. The Kier molecular flexibility index (Phi) is 17.4. The van der Waals surface area contributed by atoms with E-state index in [2.05, 4.69) is 114 Å². The molecule has 2 amide bonds. The first-order valence-electron chi connectivity index (χ1n) is 22.5. The van der Waals surface area contributed by atoms with Crippen LogP contribution in [0.3, 0.4) is 0 Å². The Labute approximate surface area is 371 Å². The summed E-state index contributed by atoms with van der Waals surface area (Å²) in [6.07, 6.45) is 6.92. The molecule has 0 spiro atoms. The van der Waals surface area contributed by atoms with Gasteiger partial charge in [0.1, 0.15) is 22.9 Å². The van der Waals surface area contributed by atoms with Gasteiger partial charge in [-0.3, -0.25) is 9.80 Å². The third kappa shape index (κ3) is 14.7. The van der Waals surface area contributed by atoms with Gasteiger partial charge in [0.2, 0.25) is 0 Å². The normalized spacial score (nSPS) is 13.5. The van der Waals surface area contributed by atoms with Crippen molar-refractivity contribution in [1.29, 1.82) is 0 Å². The molecule has 0 fully saturated rings. The van der Waals surface area contributed by atoms with Crippen molar-refractivity contribution in [3.8, 4) is 33.6 Å². The number of nitrogens with one attached hydrogen (secondary N) is 2. The van der Waals surface area contributed by atoms with Crippen molar-refractivity contribution < 1.29 is 28.5 Å². The fourth-order valence-corrected chi connectivity index (χ4v) is 7.30. The van der Waals surface area contributed by atoms with E-state index in [0.717, 1.165) is 59.3 Å². The zero-order chi connectivity index (χ0) is 45.9. The fourth-order valence-electron chi connectivity index (χ4n) is 7.30. The second-order valence-electron chi connectivity index (χ2n) is 20.3. The van der Waals surface area contributed by atoms with E-state index in [0.29, 0.717) is 51.2 Å². The molecule has 2 atom stereocenters. The number of aromatic amines is 2. The molecule has 62 heavy (non-hydrogen) atoms. The molecule has 2 N–H and O–H groups in total. The van der Waals surface area contributed by atoms with Crippen LogP contribution in [0.25, 0.3) is 33.6 Å². The average Bonchev–Trinajstić information content (AvgIpc) is 3.85. The van der Waals surface area contributed by atoms with Crippen molar-refractivity contribution in [2.24, 2.45) is 10.8 Å². The van der Waals surface area contributed by atoms with Crippen LogP contribution in [-0.2, 0) is 18.9 Å². The number of hydrogen-bond donors (Lipinski definition) is 2. The van der Waals surface area contributed by atoms with Crippen molar-refractivity contribution >= 4 is 12.2 Å². The quantitative estimate of drug-likeness (QED) is 0.0890. The molecule has 342 valence electrons. The molecule has 0 bridgehead atoms. The first-order valence-corrected chi connectivity index (χ1v) is 22.5. The highest BCUT2D eigenvalue weighted by Gasteiger charge is 2.40. The maximum atomic E-state index is 13.7. The molecule has 0 aliphatic heterocycles. The van der Waals surface area contributed by atoms with Crippen LogP contribution in [0.1, 0.15) is 146 Å². The van der Waals surface area contributed by atoms with E-state index in [-0.39, 0.29) is 22.9 Å². The van der Waals surface area contributed by atoms with E-state index >= 15 is 0 Å². The fraction of sp³-hybridized carbons (Fsp3) is 0.600. The maximum Gasteiger partial charge on any atom is 0.411 e. The standard InChI is InChI=1S/C50H76N6O6/c1-15-17-29-59-31-27-55(45(57)61-49(9,10)11)41(47(3,4)5)43-51-33-39(53-43)37-23-19-35(20-24-37)36-21-25-38(26-22-36)40-34-52-44(54-40)42(48(6,7)8)56(28-32-60-30-18-16-2)46(58)62-50(12,13)14/h19-26,33-34,41-42H,15-18,27-32H2,1-14H3,(H,51,53)(H,52,54)/t41-,42-/m1/s1. The van der Waals surface area contributed by atoms with E-state index in [4.69, 9.17) is 28.9 Å². The predicted octanol–water partition coefficient (Wildman–Crippen LogP) is 12.4. The van der Waals surface area contributed by atoms with E-state index in [1.165, 1.54) is 0 Å². The first kappa shape index (κ1) is 50.0. The number of hydrogen-bond acceptors (Lipinski definition) is 8. The minimum atomic E-state index is -0.647. The lowest BCUT2D eigenvalue weighted by Gasteiger charge is -2.39. The van der Waals surface area contributed by atoms with E-state index in [1.54, 1.807) is 9.80 Å². The minimum Gasteiger partial charge on any atom is -0.444 e. The van der Waals surface area contributed by atoms with Gasteiger partial charge in [-0.1, -0.05) is 117 Å². The lowest BCUT2D eigenvalue weighted by Crippen LogP contribution is -2.45. The lowest BCUT2D eigenvalue weighted by atomic mass is 9.85. The van der Waals surface area contributed by atoms with Crippen molar-refractivity contribution in [2.75, 3.05) is 39.5 Å². The Bertz CT molecular complexity index is 1830. The van der Waals surface area contributed by atoms with Crippen molar-refractivity contribution in [2.45, 2.75) is 146 Å². The summed E-state index contributed by atoms with van der Waals surface area (Å²) in [7, 11) is 0. The van der Waals surface area contributed by atoms with Crippen LogP contribution < -0.4 is 0 Å². The minimum absolute atomic E-state index is 0.360. The van der Waals surface area contributed by atoms with Crippen LogP contribution in [0.2, 0.25) is 0 Å². The molecule has 2 heterocycles. The SMILES string of the molecule is CCCCOCCN(C(=O)OC(C)(C)C)[C@H](c1ncc(-c2ccc(-c3ccc(-c4cnc([C@@H](N(CCOCCCC)C(=O)OC(C)(C)C)C(C)(C)C)[nH]4)cc3)cc2)[nH]1)C(C)(C)C. The summed E-state index contributed by atoms with van der Waals surface area (Å²) in [5.41, 5.74) is 3.80. The summed E-state index contributed by atoms with van der Waals surface area (Å²) in [4.78, 5) is 47.6. The van der Waals surface area contributed by atoms with Crippen LogP contribution >= 0.6 is 0 Å². The number of rotatable bonds is 19. The molecule has 0 unspecified atom stereocenters. The zero-order valence-corrected chi connectivity index (χ0v) is 40.2. The highest BCUT2D eigenvalue weighted by molar-refractivity contribution is 5.72. The van der Waals surface area contributed by atoms with Gasteiger partial charge in [-0.25, -0.2) is 19.6 Å². The van der Waals surface area contributed by atoms with Gasteiger partial charge in [0.05, 0.1) is 49.1 Å². The monoisotopic (exact) mass is 857 g/mol. The van der Waals surface area contributed by atoms with Gasteiger partial charge in [-0.15, -0.1) is 0 Å². The van der Waals surface area contributed by atoms with Crippen molar-refractivity contribution in [3.05, 3.63) is 72.6 Å². The number of nitrogens with zero attached hydrogens (tertiary/aromatic N) is 4. The maximum absolute atomic E-state index is 13.7. The molecule has 4 rings (SSSR count). The lowest BCUT2D eigenvalue weighted by molar-refractivity contribution is -0.01000. The van der Waals surface area contributed by atoms with Gasteiger partial charge in [0.25, 0.3) is 0 Å². The Balaban J connectivity index is 1.54. The van der Waals surface area contributed by atoms with Gasteiger partial charge in [-0.05, 0) is 87.5 Å². The second kappa shape index (κ2) is 21.6. The van der Waals surface area contributed by atoms with Gasteiger partial charge in [0, 0.05) is 26.3 Å². The number of carbonyl (C=O) groups is 2. The van der Waals surface area contributed by atoms with Gasteiger partial charge < -0.3 is 28.9 Å². The summed E-state index contributed by atoms with van der Waals surface area (Å²) in [5.74, 6) is 1.38. The highest BCUT2D eigenvalue weighted by Crippen LogP contribution is 2.40. The van der Waals surface area contributed by atoms with E-state index in [1.807, 2.05) is 53.9 Å². The summed E-state index contributed by atoms with van der Waals surface area (Å²) in [5, 5.41) is 0. The van der Waals surface area contributed by atoms with Crippen molar-refractivity contribution in [1.82, 2.24) is 29.7 Å². The molecule has 0 saturated carbocycles. The number of benzene rings is 2. The largest absolute Gasteiger partial charge is 0.444 e. The molecule has 2 aromatic heterocycles. The molecule has 12 heteroatoms. The Morgan fingerprint density at radius 1 is 0.532 bits per heavy atom. The van der Waals surface area contributed by atoms with Gasteiger partial charge in [-0.2, -0.15) is 0 Å². The van der Waals surface area contributed by atoms with E-state index < -0.39 is 23.4 Å². The molecule has 0 aliphatic rings. The Morgan fingerprint density at radius 3 is 1.15 bits per heavy atom. The first-order chi connectivity index (χ1) is 29.0. The molecule has 4 aromatic rings. The zero-order valence-electron chi connectivity index (χ0n) is 40.2. The third-order valence-electron chi connectivity index (χ3n) is 10.2. The highest BCUT2D eigenvalue weighted by atomic mass is 16.6. The average molecular weight is 857 g/mol. The third-order valence-corrected chi connectivity index (χ3v) is 10.2. The summed E-state index contributed by atoms with van der Waals surface area (Å²) in [6, 6.07) is 16.0. The van der Waals surface area contributed by atoms with Crippen LogP contribution in [0.4, 0.5) is 9.59 Å². The molecule has 12 nitrogen and oxygen atoms in total. The number of carbonyl (C=O) groups excluding carboxylic acids is 2. The molecule has 2 aromatic carbocycles.